The first-order valence-corrected chi connectivity index (χ1v) is 9.34. The Morgan fingerprint density at radius 3 is 2.75 bits per heavy atom. The SMILES string of the molecule is Cc1cccc(C2CC(NCC3CCS(=O)(=O)C3)C2)c1. The van der Waals surface area contributed by atoms with Crippen molar-refractivity contribution in [3.63, 3.8) is 0 Å². The van der Waals surface area contributed by atoms with E-state index in [4.69, 9.17) is 0 Å². The molecule has 110 valence electrons. The second kappa shape index (κ2) is 5.49. The molecule has 1 saturated carbocycles. The van der Waals surface area contributed by atoms with Crippen LogP contribution in [-0.2, 0) is 9.84 Å². The van der Waals surface area contributed by atoms with Crippen LogP contribution in [0.15, 0.2) is 24.3 Å². The van der Waals surface area contributed by atoms with E-state index in [0.717, 1.165) is 13.0 Å². The molecule has 20 heavy (non-hydrogen) atoms. The van der Waals surface area contributed by atoms with Crippen LogP contribution in [0, 0.1) is 12.8 Å². The highest BCUT2D eigenvalue weighted by Crippen LogP contribution is 2.37. The van der Waals surface area contributed by atoms with Crippen LogP contribution in [0.5, 0.6) is 0 Å². The Morgan fingerprint density at radius 1 is 1.30 bits per heavy atom. The molecular formula is C16H23NO2S. The van der Waals surface area contributed by atoms with E-state index in [1.54, 1.807) is 0 Å². The Labute approximate surface area is 121 Å². The lowest BCUT2D eigenvalue weighted by molar-refractivity contribution is 0.279. The molecule has 0 bridgehead atoms. The second-order valence-corrected chi connectivity index (χ2v) is 8.69. The predicted octanol–water partition coefficient (Wildman–Crippen LogP) is 2.27. The van der Waals surface area contributed by atoms with E-state index in [1.165, 1.54) is 24.0 Å². The molecule has 1 saturated heterocycles. The van der Waals surface area contributed by atoms with Gasteiger partial charge in [0.15, 0.2) is 9.84 Å². The van der Waals surface area contributed by atoms with Gasteiger partial charge in [-0.15, -0.1) is 0 Å². The highest BCUT2D eigenvalue weighted by Gasteiger charge is 2.32. The van der Waals surface area contributed by atoms with Gasteiger partial charge < -0.3 is 5.32 Å². The quantitative estimate of drug-likeness (QED) is 0.926. The Morgan fingerprint density at radius 2 is 2.10 bits per heavy atom. The van der Waals surface area contributed by atoms with Crippen LogP contribution in [0.3, 0.4) is 0 Å². The molecular weight excluding hydrogens is 270 g/mol. The van der Waals surface area contributed by atoms with Gasteiger partial charge in [0.2, 0.25) is 0 Å². The van der Waals surface area contributed by atoms with Crippen LogP contribution in [-0.4, -0.2) is 32.5 Å². The van der Waals surface area contributed by atoms with Gasteiger partial charge in [-0.1, -0.05) is 29.8 Å². The fourth-order valence-corrected chi connectivity index (χ4v) is 5.21. The molecule has 1 aromatic carbocycles. The molecule has 1 heterocycles. The van der Waals surface area contributed by atoms with E-state index in [1.807, 2.05) is 0 Å². The van der Waals surface area contributed by atoms with Crippen molar-refractivity contribution in [1.82, 2.24) is 5.32 Å². The molecule has 1 aromatic rings. The lowest BCUT2D eigenvalue weighted by atomic mass is 9.75. The molecule has 2 fully saturated rings. The Balaban J connectivity index is 1.43. The van der Waals surface area contributed by atoms with Crippen molar-refractivity contribution in [2.24, 2.45) is 5.92 Å². The highest BCUT2D eigenvalue weighted by atomic mass is 32.2. The summed E-state index contributed by atoms with van der Waals surface area (Å²) in [6.45, 7) is 3.00. The summed E-state index contributed by atoms with van der Waals surface area (Å²) in [7, 11) is -2.73. The van der Waals surface area contributed by atoms with Crippen molar-refractivity contribution in [3.8, 4) is 0 Å². The number of benzene rings is 1. The number of hydrogen-bond acceptors (Lipinski definition) is 3. The third kappa shape index (κ3) is 3.23. The lowest BCUT2D eigenvalue weighted by Gasteiger charge is -2.37. The van der Waals surface area contributed by atoms with Crippen molar-refractivity contribution in [2.75, 3.05) is 18.1 Å². The second-order valence-electron chi connectivity index (χ2n) is 6.46. The Kier molecular flexibility index (Phi) is 3.87. The van der Waals surface area contributed by atoms with Gasteiger partial charge in [0.1, 0.15) is 0 Å². The molecule has 1 aliphatic carbocycles. The van der Waals surface area contributed by atoms with Crippen LogP contribution in [0.4, 0.5) is 0 Å². The first-order valence-electron chi connectivity index (χ1n) is 7.52. The molecule has 4 heteroatoms. The fraction of sp³-hybridized carbons (Fsp3) is 0.625. The average molecular weight is 293 g/mol. The van der Waals surface area contributed by atoms with Crippen LogP contribution in [0.2, 0.25) is 0 Å². The van der Waals surface area contributed by atoms with Gasteiger partial charge in [-0.3, -0.25) is 0 Å². The fourth-order valence-electron chi connectivity index (χ4n) is 3.35. The predicted molar refractivity (Wildman–Crippen MR) is 81.7 cm³/mol. The normalized spacial score (nSPS) is 31.9. The average Bonchev–Trinajstić information content (AvgIpc) is 2.67. The van der Waals surface area contributed by atoms with E-state index in [9.17, 15) is 8.42 Å². The van der Waals surface area contributed by atoms with E-state index in [-0.39, 0.29) is 0 Å². The van der Waals surface area contributed by atoms with Crippen LogP contribution < -0.4 is 5.32 Å². The minimum atomic E-state index is -2.73. The number of rotatable bonds is 4. The van der Waals surface area contributed by atoms with Crippen molar-refractivity contribution < 1.29 is 8.42 Å². The van der Waals surface area contributed by atoms with Gasteiger partial charge in [0, 0.05) is 6.04 Å². The van der Waals surface area contributed by atoms with Gasteiger partial charge >= 0.3 is 0 Å². The maximum atomic E-state index is 11.4. The summed E-state index contributed by atoms with van der Waals surface area (Å²) in [5.74, 6) is 1.78. The number of hydrogen-bond donors (Lipinski definition) is 1. The van der Waals surface area contributed by atoms with Gasteiger partial charge in [-0.2, -0.15) is 0 Å². The van der Waals surface area contributed by atoms with E-state index in [0.29, 0.717) is 29.4 Å². The summed E-state index contributed by atoms with van der Waals surface area (Å²) in [4.78, 5) is 0. The molecule has 1 aliphatic heterocycles. The van der Waals surface area contributed by atoms with Crippen LogP contribution in [0.1, 0.15) is 36.3 Å². The van der Waals surface area contributed by atoms with Gasteiger partial charge in [0.25, 0.3) is 0 Å². The Hall–Kier alpha value is -0.870. The molecule has 0 aromatic heterocycles. The molecule has 3 rings (SSSR count). The summed E-state index contributed by atoms with van der Waals surface area (Å²) < 4.78 is 22.8. The van der Waals surface area contributed by atoms with Gasteiger partial charge in [-0.05, 0) is 50.1 Å². The van der Waals surface area contributed by atoms with Crippen LogP contribution >= 0.6 is 0 Å². The Bertz CT molecular complexity index is 576. The van der Waals surface area contributed by atoms with E-state index >= 15 is 0 Å². The molecule has 2 aliphatic rings. The summed E-state index contributed by atoms with van der Waals surface area (Å²) in [5, 5.41) is 3.55. The van der Waals surface area contributed by atoms with Crippen molar-refractivity contribution in [1.29, 1.82) is 0 Å². The molecule has 0 amide bonds. The number of nitrogens with one attached hydrogen (secondary N) is 1. The van der Waals surface area contributed by atoms with Crippen LogP contribution in [0.25, 0.3) is 0 Å². The molecule has 1 N–H and O–H groups in total. The van der Waals surface area contributed by atoms with E-state index in [2.05, 4.69) is 36.5 Å². The third-order valence-electron chi connectivity index (χ3n) is 4.67. The lowest BCUT2D eigenvalue weighted by Crippen LogP contribution is -2.42. The minimum absolute atomic E-state index is 0.331. The highest BCUT2D eigenvalue weighted by molar-refractivity contribution is 7.91. The zero-order valence-corrected chi connectivity index (χ0v) is 12.8. The first kappa shape index (κ1) is 14.1. The number of sulfone groups is 1. The summed E-state index contributed by atoms with van der Waals surface area (Å²) in [6.07, 6.45) is 3.20. The smallest absolute Gasteiger partial charge is 0.150 e. The van der Waals surface area contributed by atoms with Crippen molar-refractivity contribution in [3.05, 3.63) is 35.4 Å². The summed E-state index contributed by atoms with van der Waals surface area (Å²) in [5.41, 5.74) is 2.78. The maximum absolute atomic E-state index is 11.4. The summed E-state index contributed by atoms with van der Waals surface area (Å²) >= 11 is 0. The molecule has 1 unspecified atom stereocenters. The standard InChI is InChI=1S/C16H23NO2S/c1-12-3-2-4-14(7-12)15-8-16(9-15)17-10-13-5-6-20(18,19)11-13/h2-4,7,13,15-17H,5-6,8-11H2,1H3. The maximum Gasteiger partial charge on any atom is 0.150 e. The minimum Gasteiger partial charge on any atom is -0.314 e. The van der Waals surface area contributed by atoms with Crippen molar-refractivity contribution in [2.45, 2.75) is 38.1 Å². The summed E-state index contributed by atoms with van der Waals surface area (Å²) in [6, 6.07) is 9.35. The third-order valence-corrected chi connectivity index (χ3v) is 6.51. The first-order chi connectivity index (χ1) is 9.52. The monoisotopic (exact) mass is 293 g/mol. The zero-order valence-electron chi connectivity index (χ0n) is 12.0. The van der Waals surface area contributed by atoms with Gasteiger partial charge in [-0.25, -0.2) is 8.42 Å². The molecule has 1 atom stereocenters. The largest absolute Gasteiger partial charge is 0.314 e. The topological polar surface area (TPSA) is 46.2 Å². The molecule has 3 nitrogen and oxygen atoms in total. The molecule has 0 spiro atoms. The van der Waals surface area contributed by atoms with Crippen molar-refractivity contribution >= 4 is 9.84 Å². The van der Waals surface area contributed by atoms with Gasteiger partial charge in [0.05, 0.1) is 11.5 Å². The van der Waals surface area contributed by atoms with E-state index < -0.39 is 9.84 Å². The zero-order chi connectivity index (χ0) is 14.2. The molecule has 0 radical (unpaired) electrons. The number of aryl methyl sites for hydroxylation is 1.